The summed E-state index contributed by atoms with van der Waals surface area (Å²) in [6.07, 6.45) is 0. The van der Waals surface area contributed by atoms with Crippen LogP contribution in [-0.4, -0.2) is 10.2 Å². The summed E-state index contributed by atoms with van der Waals surface area (Å²) in [4.78, 5) is 0. The van der Waals surface area contributed by atoms with Gasteiger partial charge in [-0.25, -0.2) is 4.39 Å². The number of benzene rings is 1. The summed E-state index contributed by atoms with van der Waals surface area (Å²) in [6.45, 7) is 3.50. The lowest BCUT2D eigenvalue weighted by molar-refractivity contribution is 0.619. The zero-order valence-electron chi connectivity index (χ0n) is 9.26. The molecule has 2 aromatic rings. The molecule has 0 bridgehead atoms. The molecule has 0 saturated carbocycles. The summed E-state index contributed by atoms with van der Waals surface area (Å²) in [5, 5.41) is 8.03. The molecule has 2 nitrogen and oxygen atoms in total. The third-order valence-electron chi connectivity index (χ3n) is 2.56. The third kappa shape index (κ3) is 2.26. The Morgan fingerprint density at radius 2 is 1.71 bits per heavy atom. The number of rotatable bonds is 1. The van der Waals surface area contributed by atoms with E-state index >= 15 is 0 Å². The van der Waals surface area contributed by atoms with Crippen LogP contribution in [0, 0.1) is 19.7 Å². The minimum absolute atomic E-state index is 0.254. The molecule has 0 radical (unpaired) electrons. The van der Waals surface area contributed by atoms with Crippen molar-refractivity contribution in [2.24, 2.45) is 0 Å². The van der Waals surface area contributed by atoms with E-state index in [0.29, 0.717) is 16.3 Å². The Kier molecular flexibility index (Phi) is 3.31. The highest BCUT2D eigenvalue weighted by atomic mass is 35.5. The first-order valence-corrected chi connectivity index (χ1v) is 5.71. The largest absolute Gasteiger partial charge is 0.207 e. The van der Waals surface area contributed by atoms with E-state index in [-0.39, 0.29) is 11.0 Å². The third-order valence-corrected chi connectivity index (χ3v) is 3.19. The van der Waals surface area contributed by atoms with E-state index in [1.807, 2.05) is 0 Å². The van der Waals surface area contributed by atoms with Gasteiger partial charge in [-0.1, -0.05) is 29.3 Å². The van der Waals surface area contributed by atoms with Gasteiger partial charge in [-0.2, -0.15) is 0 Å². The van der Waals surface area contributed by atoms with Gasteiger partial charge in [-0.15, -0.1) is 10.2 Å². The van der Waals surface area contributed by atoms with Crippen molar-refractivity contribution in [2.45, 2.75) is 13.8 Å². The van der Waals surface area contributed by atoms with Gasteiger partial charge in [0.25, 0.3) is 0 Å². The Balaban J connectivity index is 2.68. The Morgan fingerprint density at radius 3 is 2.35 bits per heavy atom. The lowest BCUT2D eigenvalue weighted by Crippen LogP contribution is -1.94. The molecule has 2 rings (SSSR count). The zero-order chi connectivity index (χ0) is 12.6. The minimum atomic E-state index is -0.254. The van der Waals surface area contributed by atoms with E-state index in [2.05, 4.69) is 10.2 Å². The highest BCUT2D eigenvalue weighted by Gasteiger charge is 2.13. The second-order valence-electron chi connectivity index (χ2n) is 3.75. The molecule has 1 aromatic carbocycles. The van der Waals surface area contributed by atoms with Gasteiger partial charge in [0.2, 0.25) is 0 Å². The normalized spacial score (nSPS) is 10.6. The van der Waals surface area contributed by atoms with Crippen molar-refractivity contribution in [3.8, 4) is 11.1 Å². The molecule has 1 aromatic heterocycles. The molecule has 17 heavy (non-hydrogen) atoms. The van der Waals surface area contributed by atoms with Crippen LogP contribution in [0.1, 0.15) is 11.1 Å². The number of aryl methyl sites for hydroxylation is 1. The van der Waals surface area contributed by atoms with Gasteiger partial charge in [0, 0.05) is 5.56 Å². The molecular weight excluding hydrogens is 262 g/mol. The summed E-state index contributed by atoms with van der Waals surface area (Å²) < 4.78 is 13.2. The molecule has 0 fully saturated rings. The first-order valence-electron chi connectivity index (χ1n) is 4.95. The topological polar surface area (TPSA) is 25.8 Å². The maximum absolute atomic E-state index is 13.2. The second kappa shape index (κ2) is 4.59. The van der Waals surface area contributed by atoms with Crippen LogP contribution in [0.3, 0.4) is 0 Å². The van der Waals surface area contributed by atoms with Crippen molar-refractivity contribution < 1.29 is 4.39 Å². The number of hydrogen-bond donors (Lipinski definition) is 0. The molecule has 0 unspecified atom stereocenters. The number of nitrogens with zero attached hydrogens (tertiary/aromatic N) is 2. The number of hydrogen-bond acceptors (Lipinski definition) is 2. The number of aromatic nitrogens is 2. The summed E-state index contributed by atoms with van der Waals surface area (Å²) >= 11 is 11.9. The van der Waals surface area contributed by atoms with Crippen molar-refractivity contribution in [1.82, 2.24) is 10.2 Å². The van der Waals surface area contributed by atoms with E-state index in [9.17, 15) is 4.39 Å². The highest BCUT2D eigenvalue weighted by Crippen LogP contribution is 2.32. The number of halogens is 3. The van der Waals surface area contributed by atoms with E-state index in [1.165, 1.54) is 6.07 Å². The van der Waals surface area contributed by atoms with E-state index in [4.69, 9.17) is 23.2 Å². The maximum Gasteiger partial charge on any atom is 0.159 e. The molecule has 0 aliphatic rings. The van der Waals surface area contributed by atoms with Crippen LogP contribution >= 0.6 is 23.2 Å². The van der Waals surface area contributed by atoms with Crippen LogP contribution in [0.5, 0.6) is 0 Å². The first kappa shape index (κ1) is 12.3. The van der Waals surface area contributed by atoms with Crippen molar-refractivity contribution in [3.05, 3.63) is 45.4 Å². The van der Waals surface area contributed by atoms with Gasteiger partial charge in [-0.05, 0) is 42.7 Å². The Morgan fingerprint density at radius 1 is 1.06 bits per heavy atom. The average molecular weight is 271 g/mol. The van der Waals surface area contributed by atoms with Crippen LogP contribution in [0.15, 0.2) is 18.2 Å². The van der Waals surface area contributed by atoms with Gasteiger partial charge < -0.3 is 0 Å². The van der Waals surface area contributed by atoms with Gasteiger partial charge in [0.1, 0.15) is 5.82 Å². The quantitative estimate of drug-likeness (QED) is 0.776. The molecule has 0 atom stereocenters. The molecule has 0 aliphatic heterocycles. The summed E-state index contributed by atoms with van der Waals surface area (Å²) in [5.74, 6) is -0.254. The van der Waals surface area contributed by atoms with Crippen LogP contribution in [0.25, 0.3) is 11.1 Å². The molecule has 88 valence electrons. The molecule has 0 spiro atoms. The SMILES string of the molecule is Cc1cc(-c2c(Cl)nnc(Cl)c2C)ccc1F. The zero-order valence-corrected chi connectivity index (χ0v) is 10.8. The Labute approximate surface area is 108 Å². The average Bonchev–Trinajstić information content (AvgIpc) is 2.29. The molecule has 0 aliphatic carbocycles. The molecule has 0 saturated heterocycles. The fraction of sp³-hybridized carbons (Fsp3) is 0.167. The van der Waals surface area contributed by atoms with E-state index in [0.717, 1.165) is 11.1 Å². The lowest BCUT2D eigenvalue weighted by Gasteiger charge is -2.09. The Bertz CT molecular complexity index is 585. The predicted octanol–water partition coefficient (Wildman–Crippen LogP) is 4.21. The van der Waals surface area contributed by atoms with Gasteiger partial charge >= 0.3 is 0 Å². The summed E-state index contributed by atoms with van der Waals surface area (Å²) in [5.41, 5.74) is 2.75. The molecule has 1 heterocycles. The molecule has 0 amide bonds. The van der Waals surface area contributed by atoms with Crippen LogP contribution in [0.4, 0.5) is 4.39 Å². The maximum atomic E-state index is 13.2. The van der Waals surface area contributed by atoms with Crippen LogP contribution < -0.4 is 0 Å². The Hall–Kier alpha value is -1.19. The van der Waals surface area contributed by atoms with Crippen molar-refractivity contribution in [1.29, 1.82) is 0 Å². The lowest BCUT2D eigenvalue weighted by atomic mass is 10.0. The molecule has 5 heteroatoms. The minimum Gasteiger partial charge on any atom is -0.207 e. The monoisotopic (exact) mass is 270 g/mol. The second-order valence-corrected chi connectivity index (χ2v) is 4.46. The summed E-state index contributed by atoms with van der Waals surface area (Å²) in [6, 6.07) is 4.75. The smallest absolute Gasteiger partial charge is 0.159 e. The summed E-state index contributed by atoms with van der Waals surface area (Å²) in [7, 11) is 0. The van der Waals surface area contributed by atoms with Crippen molar-refractivity contribution >= 4 is 23.2 Å². The van der Waals surface area contributed by atoms with Gasteiger partial charge in [0.05, 0.1) is 0 Å². The van der Waals surface area contributed by atoms with Crippen molar-refractivity contribution in [2.75, 3.05) is 0 Å². The molecular formula is C12H9Cl2FN2. The fourth-order valence-electron chi connectivity index (χ4n) is 1.61. The van der Waals surface area contributed by atoms with Gasteiger partial charge in [-0.3, -0.25) is 0 Å². The first-order chi connectivity index (χ1) is 8.00. The van der Waals surface area contributed by atoms with Crippen LogP contribution in [0.2, 0.25) is 10.3 Å². The van der Waals surface area contributed by atoms with E-state index in [1.54, 1.807) is 26.0 Å². The van der Waals surface area contributed by atoms with Crippen LogP contribution in [-0.2, 0) is 0 Å². The van der Waals surface area contributed by atoms with E-state index < -0.39 is 0 Å². The van der Waals surface area contributed by atoms with Gasteiger partial charge in [0.15, 0.2) is 10.3 Å². The van der Waals surface area contributed by atoms with Crippen molar-refractivity contribution in [3.63, 3.8) is 0 Å². The predicted molar refractivity (Wildman–Crippen MR) is 66.9 cm³/mol. The highest BCUT2D eigenvalue weighted by molar-refractivity contribution is 6.34. The standard InChI is InChI=1S/C12H9Cl2FN2/c1-6-5-8(3-4-9(6)15)10-7(2)11(13)16-17-12(10)14/h3-5H,1-2H3. The fourth-order valence-corrected chi connectivity index (χ4v) is 2.03. The molecule has 0 N–H and O–H groups in total.